The van der Waals surface area contributed by atoms with E-state index in [-0.39, 0.29) is 5.38 Å². The average molecular weight is 252 g/mol. The van der Waals surface area contributed by atoms with Crippen molar-refractivity contribution in [2.45, 2.75) is 50.6 Å². The van der Waals surface area contributed by atoms with Crippen molar-refractivity contribution in [1.82, 2.24) is 4.90 Å². The van der Waals surface area contributed by atoms with E-state index in [1.165, 1.54) is 24.8 Å². The van der Waals surface area contributed by atoms with Crippen LogP contribution in [0.4, 0.5) is 0 Å². The van der Waals surface area contributed by atoms with E-state index in [2.05, 4.69) is 43.0 Å². The highest BCUT2D eigenvalue weighted by atomic mass is 35.5. The van der Waals surface area contributed by atoms with Gasteiger partial charge in [0.1, 0.15) is 0 Å². The fourth-order valence-electron chi connectivity index (χ4n) is 2.79. The molecule has 0 saturated carbocycles. The molecular weight excluding hydrogens is 230 g/mol. The maximum Gasteiger partial charge on any atom is 0.0712 e. The third-order valence-corrected chi connectivity index (χ3v) is 4.30. The number of nitrogens with zero attached hydrogens (tertiary/aromatic N) is 1. The zero-order valence-corrected chi connectivity index (χ0v) is 11.5. The molecule has 1 nitrogen and oxygen atoms in total. The molecule has 1 aliphatic rings. The number of piperidine rings is 1. The topological polar surface area (TPSA) is 3.24 Å². The molecule has 2 heteroatoms. The van der Waals surface area contributed by atoms with Gasteiger partial charge in [-0.15, -0.1) is 11.6 Å². The number of rotatable bonds is 3. The van der Waals surface area contributed by atoms with Crippen LogP contribution in [0, 0.1) is 0 Å². The van der Waals surface area contributed by atoms with Gasteiger partial charge in [0.15, 0.2) is 0 Å². The molecule has 1 fully saturated rings. The minimum Gasteiger partial charge on any atom is -0.296 e. The molecule has 3 unspecified atom stereocenters. The number of halogens is 1. The van der Waals surface area contributed by atoms with Crippen molar-refractivity contribution in [3.63, 3.8) is 0 Å². The van der Waals surface area contributed by atoms with Crippen LogP contribution in [-0.2, 0) is 0 Å². The lowest BCUT2D eigenvalue weighted by molar-refractivity contribution is 0.103. The molecule has 94 valence electrons. The van der Waals surface area contributed by atoms with Gasteiger partial charge in [-0.2, -0.15) is 0 Å². The molecule has 17 heavy (non-hydrogen) atoms. The van der Waals surface area contributed by atoms with Crippen LogP contribution in [0.3, 0.4) is 0 Å². The van der Waals surface area contributed by atoms with Gasteiger partial charge < -0.3 is 0 Å². The minimum absolute atomic E-state index is 0.110. The first-order chi connectivity index (χ1) is 8.18. The lowest BCUT2D eigenvalue weighted by Crippen LogP contribution is -2.45. The van der Waals surface area contributed by atoms with Crippen LogP contribution in [-0.4, -0.2) is 23.5 Å². The van der Waals surface area contributed by atoms with Crippen molar-refractivity contribution in [3.05, 3.63) is 35.9 Å². The monoisotopic (exact) mass is 251 g/mol. The second-order valence-corrected chi connectivity index (χ2v) is 5.73. The van der Waals surface area contributed by atoms with Gasteiger partial charge in [0.25, 0.3) is 0 Å². The molecule has 0 aliphatic carbocycles. The molecular formula is C15H22ClN. The van der Waals surface area contributed by atoms with Gasteiger partial charge in [0.05, 0.1) is 5.38 Å². The van der Waals surface area contributed by atoms with Crippen LogP contribution < -0.4 is 0 Å². The molecule has 1 heterocycles. The Morgan fingerprint density at radius 3 is 2.35 bits per heavy atom. The Morgan fingerprint density at radius 2 is 1.76 bits per heavy atom. The lowest BCUT2D eigenvalue weighted by Gasteiger charge is -2.40. The highest BCUT2D eigenvalue weighted by Crippen LogP contribution is 2.28. The predicted molar refractivity (Wildman–Crippen MR) is 74.5 cm³/mol. The van der Waals surface area contributed by atoms with Gasteiger partial charge >= 0.3 is 0 Å². The summed E-state index contributed by atoms with van der Waals surface area (Å²) in [4.78, 5) is 2.56. The van der Waals surface area contributed by atoms with Crippen LogP contribution in [0.25, 0.3) is 0 Å². The summed E-state index contributed by atoms with van der Waals surface area (Å²) in [6.45, 7) is 5.61. The summed E-state index contributed by atoms with van der Waals surface area (Å²) in [6, 6.07) is 11.8. The molecule has 0 aromatic heterocycles. The van der Waals surface area contributed by atoms with Crippen molar-refractivity contribution in [3.8, 4) is 0 Å². The van der Waals surface area contributed by atoms with Crippen molar-refractivity contribution >= 4 is 11.6 Å². The normalized spacial score (nSPS) is 27.9. The number of hydrogen-bond acceptors (Lipinski definition) is 1. The maximum atomic E-state index is 6.53. The summed E-state index contributed by atoms with van der Waals surface area (Å²) in [7, 11) is 0. The van der Waals surface area contributed by atoms with Crippen LogP contribution in [0.1, 0.15) is 44.1 Å². The molecule has 0 amide bonds. The quantitative estimate of drug-likeness (QED) is 0.727. The van der Waals surface area contributed by atoms with Gasteiger partial charge in [0, 0.05) is 18.6 Å². The van der Waals surface area contributed by atoms with E-state index in [4.69, 9.17) is 11.6 Å². The number of benzene rings is 1. The van der Waals surface area contributed by atoms with Gasteiger partial charge in [-0.05, 0) is 32.3 Å². The van der Waals surface area contributed by atoms with E-state index < -0.39 is 0 Å². The third kappa shape index (κ3) is 3.23. The molecule has 3 atom stereocenters. The highest BCUT2D eigenvalue weighted by molar-refractivity contribution is 6.21. The molecule has 1 aliphatic heterocycles. The molecule has 0 spiro atoms. The first-order valence-corrected chi connectivity index (χ1v) is 7.07. The molecule has 0 bridgehead atoms. The smallest absolute Gasteiger partial charge is 0.0712 e. The molecule has 1 aromatic carbocycles. The largest absolute Gasteiger partial charge is 0.296 e. The fraction of sp³-hybridized carbons (Fsp3) is 0.600. The summed E-state index contributed by atoms with van der Waals surface area (Å²) >= 11 is 6.53. The van der Waals surface area contributed by atoms with Crippen molar-refractivity contribution in [2.75, 3.05) is 6.54 Å². The third-order valence-electron chi connectivity index (χ3n) is 3.91. The highest BCUT2D eigenvalue weighted by Gasteiger charge is 2.26. The van der Waals surface area contributed by atoms with E-state index in [1.807, 2.05) is 6.07 Å². The Hall–Kier alpha value is -0.530. The number of alkyl halides is 1. The SMILES string of the molecule is CC1CCCC(C)N1CC(Cl)c1ccccc1. The van der Waals surface area contributed by atoms with Crippen LogP contribution >= 0.6 is 11.6 Å². The molecule has 0 N–H and O–H groups in total. The lowest BCUT2D eigenvalue weighted by atomic mass is 9.97. The Labute approximate surface area is 110 Å². The standard InChI is InChI=1S/C15H22ClN/c1-12-7-6-8-13(2)17(12)11-15(16)14-9-4-3-5-10-14/h3-5,9-10,12-13,15H,6-8,11H2,1-2H3. The summed E-state index contributed by atoms with van der Waals surface area (Å²) in [5.74, 6) is 0. The number of hydrogen-bond donors (Lipinski definition) is 0. The van der Waals surface area contributed by atoms with E-state index in [0.717, 1.165) is 6.54 Å². The van der Waals surface area contributed by atoms with E-state index in [9.17, 15) is 0 Å². The van der Waals surface area contributed by atoms with Gasteiger partial charge in [0.2, 0.25) is 0 Å². The number of likely N-dealkylation sites (tertiary alicyclic amines) is 1. The van der Waals surface area contributed by atoms with E-state index >= 15 is 0 Å². The first-order valence-electron chi connectivity index (χ1n) is 6.63. The van der Waals surface area contributed by atoms with E-state index in [1.54, 1.807) is 0 Å². The zero-order valence-electron chi connectivity index (χ0n) is 10.8. The molecule has 1 saturated heterocycles. The summed E-state index contributed by atoms with van der Waals surface area (Å²) < 4.78 is 0. The Balaban J connectivity index is 2.00. The second-order valence-electron chi connectivity index (χ2n) is 5.20. The minimum atomic E-state index is 0.110. The molecule has 0 radical (unpaired) electrons. The summed E-state index contributed by atoms with van der Waals surface area (Å²) in [5, 5.41) is 0.110. The van der Waals surface area contributed by atoms with Crippen LogP contribution in [0.15, 0.2) is 30.3 Å². The van der Waals surface area contributed by atoms with Crippen molar-refractivity contribution in [1.29, 1.82) is 0 Å². The Kier molecular flexibility index (Phi) is 4.47. The maximum absolute atomic E-state index is 6.53. The first kappa shape index (κ1) is 12.9. The van der Waals surface area contributed by atoms with Crippen LogP contribution in [0.2, 0.25) is 0 Å². The summed E-state index contributed by atoms with van der Waals surface area (Å²) in [5.41, 5.74) is 1.24. The van der Waals surface area contributed by atoms with Gasteiger partial charge in [-0.3, -0.25) is 4.90 Å². The molecule has 1 aromatic rings. The van der Waals surface area contributed by atoms with Gasteiger partial charge in [-0.1, -0.05) is 36.8 Å². The predicted octanol–water partition coefficient (Wildman–Crippen LogP) is 4.23. The Morgan fingerprint density at radius 1 is 1.18 bits per heavy atom. The van der Waals surface area contributed by atoms with Crippen molar-refractivity contribution in [2.24, 2.45) is 0 Å². The molecule has 2 rings (SSSR count). The van der Waals surface area contributed by atoms with Crippen LogP contribution in [0.5, 0.6) is 0 Å². The average Bonchev–Trinajstić information content (AvgIpc) is 2.35. The summed E-state index contributed by atoms with van der Waals surface area (Å²) in [6.07, 6.45) is 3.97. The Bertz CT molecular complexity index is 328. The second kappa shape index (κ2) is 5.88. The fourth-order valence-corrected chi connectivity index (χ4v) is 3.09. The van der Waals surface area contributed by atoms with Crippen molar-refractivity contribution < 1.29 is 0 Å². The van der Waals surface area contributed by atoms with Gasteiger partial charge in [-0.25, -0.2) is 0 Å². The zero-order chi connectivity index (χ0) is 12.3. The van der Waals surface area contributed by atoms with E-state index in [0.29, 0.717) is 12.1 Å².